The van der Waals surface area contributed by atoms with Crippen LogP contribution in [0.4, 0.5) is 5.69 Å². The molecule has 5 heteroatoms. The molecule has 1 unspecified atom stereocenters. The third kappa shape index (κ3) is 2.76. The Hall–Kier alpha value is -2.32. The first kappa shape index (κ1) is 13.7. The Morgan fingerprint density at radius 2 is 2.10 bits per heavy atom. The topological polar surface area (TPSA) is 52.3 Å². The van der Waals surface area contributed by atoms with Crippen molar-refractivity contribution in [3.63, 3.8) is 0 Å². The third-order valence-electron chi connectivity index (χ3n) is 3.34. The van der Waals surface area contributed by atoms with Crippen LogP contribution in [-0.4, -0.2) is 29.7 Å². The zero-order valence-corrected chi connectivity index (χ0v) is 12.4. The smallest absolute Gasteiger partial charge is 0.156 e. The minimum atomic E-state index is -0.333. The van der Waals surface area contributed by atoms with Gasteiger partial charge in [-0.25, -0.2) is 4.99 Å². The molecule has 104 valence electrons. The summed E-state index contributed by atoms with van der Waals surface area (Å²) in [5.41, 5.74) is 1.98. The van der Waals surface area contributed by atoms with Gasteiger partial charge < -0.3 is 4.90 Å². The highest BCUT2D eigenvalue weighted by Gasteiger charge is 2.27. The van der Waals surface area contributed by atoms with Gasteiger partial charge in [0.25, 0.3) is 0 Å². The lowest BCUT2D eigenvalue weighted by Crippen LogP contribution is -2.29. The van der Waals surface area contributed by atoms with Crippen LogP contribution in [0, 0.1) is 11.3 Å². The molecule has 0 aliphatic carbocycles. The molecule has 21 heavy (non-hydrogen) atoms. The van der Waals surface area contributed by atoms with Crippen LogP contribution in [0.1, 0.15) is 5.56 Å². The molecule has 3 rings (SSSR count). The first-order chi connectivity index (χ1) is 10.3. The van der Waals surface area contributed by atoms with Crippen LogP contribution in [0.5, 0.6) is 0 Å². The van der Waals surface area contributed by atoms with Crippen LogP contribution in [-0.2, 0) is 0 Å². The van der Waals surface area contributed by atoms with E-state index in [-0.39, 0.29) is 6.04 Å². The molecule has 1 aromatic heterocycles. The predicted molar refractivity (Wildman–Crippen MR) is 85.7 cm³/mol. The minimum Gasteiger partial charge on any atom is -0.323 e. The van der Waals surface area contributed by atoms with Gasteiger partial charge in [-0.2, -0.15) is 5.26 Å². The molecule has 0 N–H and O–H groups in total. The van der Waals surface area contributed by atoms with Crippen molar-refractivity contribution in [3.8, 4) is 6.07 Å². The number of anilines is 1. The second-order valence-electron chi connectivity index (χ2n) is 4.65. The summed E-state index contributed by atoms with van der Waals surface area (Å²) in [6, 6.07) is 14.0. The van der Waals surface area contributed by atoms with Gasteiger partial charge in [-0.3, -0.25) is 4.98 Å². The van der Waals surface area contributed by atoms with Crippen molar-refractivity contribution in [2.24, 2.45) is 4.99 Å². The van der Waals surface area contributed by atoms with E-state index in [0.29, 0.717) is 6.54 Å². The molecule has 1 aliphatic rings. The first-order valence-corrected chi connectivity index (χ1v) is 7.83. The summed E-state index contributed by atoms with van der Waals surface area (Å²) in [4.78, 5) is 12.0. The van der Waals surface area contributed by atoms with Gasteiger partial charge in [0.15, 0.2) is 6.04 Å². The van der Waals surface area contributed by atoms with Crippen molar-refractivity contribution in [3.05, 3.63) is 54.4 Å². The monoisotopic (exact) mass is 294 g/mol. The van der Waals surface area contributed by atoms with Crippen molar-refractivity contribution in [2.45, 2.75) is 10.9 Å². The zero-order chi connectivity index (χ0) is 14.7. The summed E-state index contributed by atoms with van der Waals surface area (Å²) in [5, 5.41) is 9.17. The molecule has 0 amide bonds. The molecule has 2 aromatic rings. The number of aromatic nitrogens is 1. The van der Waals surface area contributed by atoms with Gasteiger partial charge in [0.05, 0.1) is 12.6 Å². The van der Waals surface area contributed by atoms with Gasteiger partial charge in [-0.1, -0.05) is 0 Å². The first-order valence-electron chi connectivity index (χ1n) is 6.61. The van der Waals surface area contributed by atoms with Gasteiger partial charge >= 0.3 is 0 Å². The third-order valence-corrected chi connectivity index (χ3v) is 4.09. The Morgan fingerprint density at radius 1 is 1.29 bits per heavy atom. The molecule has 0 fully saturated rings. The van der Waals surface area contributed by atoms with Gasteiger partial charge in [-0.15, -0.1) is 11.8 Å². The lowest BCUT2D eigenvalue weighted by Gasteiger charge is -2.20. The molecule has 4 nitrogen and oxygen atoms in total. The highest BCUT2D eigenvalue weighted by Crippen LogP contribution is 2.25. The molecular formula is C16H14N4S. The summed E-state index contributed by atoms with van der Waals surface area (Å²) >= 11 is 1.71. The fourth-order valence-corrected chi connectivity index (χ4v) is 2.71. The van der Waals surface area contributed by atoms with Crippen LogP contribution in [0.2, 0.25) is 0 Å². The molecule has 2 heterocycles. The van der Waals surface area contributed by atoms with Crippen LogP contribution in [0.25, 0.3) is 0 Å². The maximum atomic E-state index is 9.17. The average molecular weight is 294 g/mol. The highest BCUT2D eigenvalue weighted by molar-refractivity contribution is 7.98. The number of pyridine rings is 1. The molecule has 0 saturated carbocycles. The van der Waals surface area contributed by atoms with E-state index < -0.39 is 0 Å². The lowest BCUT2D eigenvalue weighted by molar-refractivity contribution is 0.883. The second-order valence-corrected chi connectivity index (χ2v) is 5.53. The molecule has 0 saturated heterocycles. The normalized spacial score (nSPS) is 17.4. The van der Waals surface area contributed by atoms with Crippen molar-refractivity contribution < 1.29 is 0 Å². The predicted octanol–water partition coefficient (Wildman–Crippen LogP) is 2.96. The number of hydrogen-bond donors (Lipinski definition) is 0. The van der Waals surface area contributed by atoms with Gasteiger partial charge in [0, 0.05) is 28.5 Å². The Balaban J connectivity index is 1.97. The van der Waals surface area contributed by atoms with Gasteiger partial charge in [0.1, 0.15) is 5.84 Å². The van der Waals surface area contributed by atoms with E-state index in [4.69, 9.17) is 0 Å². The number of aliphatic imine (C=N–C) groups is 1. The summed E-state index contributed by atoms with van der Waals surface area (Å²) in [6.07, 6.45) is 5.57. The van der Waals surface area contributed by atoms with Crippen molar-refractivity contribution in [1.29, 1.82) is 5.26 Å². The van der Waals surface area contributed by atoms with E-state index in [0.717, 1.165) is 17.1 Å². The highest BCUT2D eigenvalue weighted by atomic mass is 32.2. The van der Waals surface area contributed by atoms with Crippen LogP contribution in [0.15, 0.2) is 58.7 Å². The molecule has 0 spiro atoms. The van der Waals surface area contributed by atoms with Crippen molar-refractivity contribution in [1.82, 2.24) is 4.98 Å². The maximum absolute atomic E-state index is 9.17. The summed E-state index contributed by atoms with van der Waals surface area (Å²) in [7, 11) is 0. The Bertz CT molecular complexity index is 688. The van der Waals surface area contributed by atoms with E-state index >= 15 is 0 Å². The SMILES string of the molecule is CSc1ccc(N2CC(C#N)N=C2c2cccnc2)cc1. The number of benzene rings is 1. The van der Waals surface area contributed by atoms with Gasteiger partial charge in [0.2, 0.25) is 0 Å². The quantitative estimate of drug-likeness (QED) is 0.817. The fourth-order valence-electron chi connectivity index (χ4n) is 2.30. The number of rotatable bonds is 3. The van der Waals surface area contributed by atoms with Gasteiger partial charge in [-0.05, 0) is 42.7 Å². The second kappa shape index (κ2) is 5.98. The van der Waals surface area contributed by atoms with Crippen molar-refractivity contribution in [2.75, 3.05) is 17.7 Å². The van der Waals surface area contributed by atoms with E-state index in [9.17, 15) is 5.26 Å². The summed E-state index contributed by atoms with van der Waals surface area (Å²) < 4.78 is 0. The molecule has 1 aromatic carbocycles. The number of thioether (sulfide) groups is 1. The molecule has 0 radical (unpaired) electrons. The van der Waals surface area contributed by atoms with E-state index in [1.807, 2.05) is 12.1 Å². The number of nitriles is 1. The summed E-state index contributed by atoms with van der Waals surface area (Å²) in [5.74, 6) is 0.812. The van der Waals surface area contributed by atoms with Crippen LogP contribution in [0.3, 0.4) is 0 Å². The van der Waals surface area contributed by atoms with E-state index in [2.05, 4.69) is 51.5 Å². The Kier molecular flexibility index (Phi) is 3.89. The average Bonchev–Trinajstić information content (AvgIpc) is 3.00. The molecule has 0 bridgehead atoms. The minimum absolute atomic E-state index is 0.333. The maximum Gasteiger partial charge on any atom is 0.156 e. The zero-order valence-electron chi connectivity index (χ0n) is 11.6. The largest absolute Gasteiger partial charge is 0.323 e. The summed E-state index contributed by atoms with van der Waals surface area (Å²) in [6.45, 7) is 0.583. The molecular weight excluding hydrogens is 280 g/mol. The van der Waals surface area contributed by atoms with Crippen LogP contribution >= 0.6 is 11.8 Å². The number of nitrogens with zero attached hydrogens (tertiary/aromatic N) is 4. The number of amidine groups is 1. The van der Waals surface area contributed by atoms with Crippen molar-refractivity contribution >= 4 is 23.3 Å². The molecule has 1 atom stereocenters. The van der Waals surface area contributed by atoms with E-state index in [1.165, 1.54) is 4.90 Å². The standard InChI is InChI=1S/C16H14N4S/c1-21-15-6-4-14(5-7-15)20-11-13(9-17)19-16(20)12-3-2-8-18-10-12/h2-8,10,13H,11H2,1H3. The molecule has 1 aliphatic heterocycles. The lowest BCUT2D eigenvalue weighted by atomic mass is 10.2. The number of hydrogen-bond acceptors (Lipinski definition) is 5. The van der Waals surface area contributed by atoms with E-state index in [1.54, 1.807) is 24.2 Å². The fraction of sp³-hybridized carbons (Fsp3) is 0.188. The van der Waals surface area contributed by atoms with Crippen LogP contribution < -0.4 is 4.90 Å². The Morgan fingerprint density at radius 3 is 2.71 bits per heavy atom. The Labute approximate surface area is 128 Å².